The van der Waals surface area contributed by atoms with Gasteiger partial charge in [0, 0.05) is 6.04 Å². The molecular weight excluding hydrogens is 188 g/mol. The van der Waals surface area contributed by atoms with Crippen molar-refractivity contribution >= 4 is 5.91 Å². The Balaban J connectivity index is 2.09. The Hall–Kier alpha value is -0.570. The molecule has 1 N–H and O–H groups in total. The number of rotatable bonds is 3. The Labute approximate surface area is 92.2 Å². The van der Waals surface area contributed by atoms with Gasteiger partial charge in [-0.1, -0.05) is 26.7 Å². The molecule has 2 fully saturated rings. The number of carbonyl (C=O) groups excluding carboxylic acids is 1. The van der Waals surface area contributed by atoms with Crippen LogP contribution < -0.4 is 5.32 Å². The van der Waals surface area contributed by atoms with E-state index in [-0.39, 0.29) is 6.04 Å². The third kappa shape index (κ3) is 1.89. The lowest BCUT2D eigenvalue weighted by Crippen LogP contribution is -2.43. The van der Waals surface area contributed by atoms with Gasteiger partial charge < -0.3 is 4.90 Å². The van der Waals surface area contributed by atoms with Crippen molar-refractivity contribution < 1.29 is 4.79 Å². The van der Waals surface area contributed by atoms with Gasteiger partial charge in [0.2, 0.25) is 5.91 Å². The number of nitrogens with one attached hydrogen (secondary N) is 1. The molecule has 3 heteroatoms. The van der Waals surface area contributed by atoms with Crippen LogP contribution in [0.4, 0.5) is 0 Å². The number of hydrogen-bond donors (Lipinski definition) is 1. The van der Waals surface area contributed by atoms with Gasteiger partial charge >= 0.3 is 0 Å². The van der Waals surface area contributed by atoms with E-state index < -0.39 is 0 Å². The molecule has 1 aliphatic carbocycles. The zero-order chi connectivity index (χ0) is 10.8. The van der Waals surface area contributed by atoms with Gasteiger partial charge in [0.15, 0.2) is 0 Å². The minimum Gasteiger partial charge on any atom is -0.323 e. The molecule has 15 heavy (non-hydrogen) atoms. The van der Waals surface area contributed by atoms with E-state index in [0.29, 0.717) is 18.1 Å². The van der Waals surface area contributed by atoms with Crippen LogP contribution in [-0.2, 0) is 4.79 Å². The highest BCUT2D eigenvalue weighted by molar-refractivity contribution is 5.84. The number of carbonyl (C=O) groups is 1. The summed E-state index contributed by atoms with van der Waals surface area (Å²) in [6.07, 6.45) is 7.24. The van der Waals surface area contributed by atoms with E-state index >= 15 is 0 Å². The second-order valence-electron chi connectivity index (χ2n) is 4.74. The molecule has 0 aromatic heterocycles. The molecule has 1 aliphatic heterocycles. The van der Waals surface area contributed by atoms with Crippen LogP contribution in [0.15, 0.2) is 0 Å². The average Bonchev–Trinajstić information content (AvgIpc) is 2.84. The van der Waals surface area contributed by atoms with E-state index in [1.165, 1.54) is 25.7 Å². The Morgan fingerprint density at radius 2 is 1.93 bits per heavy atom. The molecular formula is C12H22N2O. The number of hydrogen-bond acceptors (Lipinski definition) is 2. The summed E-state index contributed by atoms with van der Waals surface area (Å²) in [6.45, 7) is 4.24. The Morgan fingerprint density at radius 1 is 1.27 bits per heavy atom. The molecule has 3 nitrogen and oxygen atoms in total. The minimum absolute atomic E-state index is 0.0792. The van der Waals surface area contributed by atoms with E-state index in [2.05, 4.69) is 24.1 Å². The summed E-state index contributed by atoms with van der Waals surface area (Å²) in [5.41, 5.74) is 0. The summed E-state index contributed by atoms with van der Waals surface area (Å²) in [5, 5.41) is 3.44. The lowest BCUT2D eigenvalue weighted by Gasteiger charge is -2.29. The molecule has 2 unspecified atom stereocenters. The van der Waals surface area contributed by atoms with E-state index in [9.17, 15) is 4.79 Å². The molecule has 2 aliphatic rings. The summed E-state index contributed by atoms with van der Waals surface area (Å²) in [6, 6.07) is 0.599. The van der Waals surface area contributed by atoms with Gasteiger partial charge in [-0.25, -0.2) is 0 Å². The van der Waals surface area contributed by atoms with Gasteiger partial charge in [-0.3, -0.25) is 10.1 Å². The van der Waals surface area contributed by atoms with Crippen LogP contribution in [0, 0.1) is 0 Å². The van der Waals surface area contributed by atoms with Crippen molar-refractivity contribution in [3.05, 3.63) is 0 Å². The SMILES string of the molecule is CCC1NC(CC)N(C2CCCC2)C1=O. The molecule has 0 aromatic carbocycles. The number of amides is 1. The largest absolute Gasteiger partial charge is 0.323 e. The second-order valence-corrected chi connectivity index (χ2v) is 4.74. The van der Waals surface area contributed by atoms with Crippen molar-refractivity contribution in [3.63, 3.8) is 0 Å². The third-order valence-electron chi connectivity index (χ3n) is 3.79. The van der Waals surface area contributed by atoms with Crippen LogP contribution >= 0.6 is 0 Å². The zero-order valence-corrected chi connectivity index (χ0v) is 9.83. The quantitative estimate of drug-likeness (QED) is 0.771. The lowest BCUT2D eigenvalue weighted by atomic mass is 10.1. The van der Waals surface area contributed by atoms with Crippen molar-refractivity contribution in [2.24, 2.45) is 0 Å². The van der Waals surface area contributed by atoms with Crippen LogP contribution in [0.3, 0.4) is 0 Å². The first-order valence-corrected chi connectivity index (χ1v) is 6.36. The molecule has 0 bridgehead atoms. The maximum absolute atomic E-state index is 12.2. The monoisotopic (exact) mass is 210 g/mol. The fraction of sp³-hybridized carbons (Fsp3) is 0.917. The summed E-state index contributed by atoms with van der Waals surface area (Å²) < 4.78 is 0. The minimum atomic E-state index is 0.0792. The zero-order valence-electron chi connectivity index (χ0n) is 9.83. The molecule has 86 valence electrons. The highest BCUT2D eigenvalue weighted by Crippen LogP contribution is 2.29. The van der Waals surface area contributed by atoms with Crippen LogP contribution in [-0.4, -0.2) is 29.1 Å². The van der Waals surface area contributed by atoms with Crippen molar-refractivity contribution in [1.82, 2.24) is 10.2 Å². The van der Waals surface area contributed by atoms with Crippen LogP contribution in [0.1, 0.15) is 52.4 Å². The molecule has 2 atom stereocenters. The van der Waals surface area contributed by atoms with Crippen LogP contribution in [0.2, 0.25) is 0 Å². The predicted molar refractivity (Wildman–Crippen MR) is 60.4 cm³/mol. The molecule has 0 spiro atoms. The first kappa shape index (κ1) is 10.9. The van der Waals surface area contributed by atoms with Crippen LogP contribution in [0.25, 0.3) is 0 Å². The van der Waals surface area contributed by atoms with E-state index in [0.717, 1.165) is 12.8 Å². The fourth-order valence-corrected chi connectivity index (χ4v) is 2.94. The lowest BCUT2D eigenvalue weighted by molar-refractivity contribution is -0.132. The van der Waals surface area contributed by atoms with Crippen LogP contribution in [0.5, 0.6) is 0 Å². The van der Waals surface area contributed by atoms with Crippen molar-refractivity contribution in [1.29, 1.82) is 0 Å². The summed E-state index contributed by atoms with van der Waals surface area (Å²) in [5.74, 6) is 0.344. The molecule has 0 radical (unpaired) electrons. The van der Waals surface area contributed by atoms with Gasteiger partial charge in [0.05, 0.1) is 12.2 Å². The van der Waals surface area contributed by atoms with Gasteiger partial charge in [-0.15, -0.1) is 0 Å². The van der Waals surface area contributed by atoms with Gasteiger partial charge in [0.25, 0.3) is 0 Å². The Kier molecular flexibility index (Phi) is 3.29. The fourth-order valence-electron chi connectivity index (χ4n) is 2.94. The molecule has 1 saturated carbocycles. The number of nitrogens with zero attached hydrogens (tertiary/aromatic N) is 1. The predicted octanol–water partition coefficient (Wildman–Crippen LogP) is 1.88. The molecule has 1 saturated heterocycles. The Morgan fingerprint density at radius 3 is 2.47 bits per heavy atom. The smallest absolute Gasteiger partial charge is 0.241 e. The average molecular weight is 210 g/mol. The molecule has 1 heterocycles. The van der Waals surface area contributed by atoms with Gasteiger partial charge in [-0.05, 0) is 25.7 Å². The molecule has 1 amide bonds. The second kappa shape index (κ2) is 4.52. The Bertz CT molecular complexity index is 236. The summed E-state index contributed by atoms with van der Waals surface area (Å²) >= 11 is 0. The van der Waals surface area contributed by atoms with Crippen molar-refractivity contribution in [2.45, 2.75) is 70.6 Å². The highest BCUT2D eigenvalue weighted by Gasteiger charge is 2.41. The van der Waals surface area contributed by atoms with E-state index in [1.54, 1.807) is 0 Å². The highest BCUT2D eigenvalue weighted by atomic mass is 16.2. The van der Waals surface area contributed by atoms with Gasteiger partial charge in [0.1, 0.15) is 0 Å². The topological polar surface area (TPSA) is 32.3 Å². The first-order chi connectivity index (χ1) is 7.27. The molecule has 2 rings (SSSR count). The summed E-state index contributed by atoms with van der Waals surface area (Å²) in [4.78, 5) is 14.3. The van der Waals surface area contributed by atoms with E-state index in [1.807, 2.05) is 0 Å². The normalized spacial score (nSPS) is 32.9. The van der Waals surface area contributed by atoms with Gasteiger partial charge in [-0.2, -0.15) is 0 Å². The maximum atomic E-state index is 12.2. The maximum Gasteiger partial charge on any atom is 0.241 e. The molecule has 0 aromatic rings. The third-order valence-corrected chi connectivity index (χ3v) is 3.79. The first-order valence-electron chi connectivity index (χ1n) is 6.36. The van der Waals surface area contributed by atoms with Crippen molar-refractivity contribution in [3.8, 4) is 0 Å². The standard InChI is InChI=1S/C12H22N2O/c1-3-10-12(15)14(11(4-2)13-10)9-7-5-6-8-9/h9-11,13H,3-8H2,1-2H3. The van der Waals surface area contributed by atoms with Crippen molar-refractivity contribution in [2.75, 3.05) is 0 Å². The summed E-state index contributed by atoms with van der Waals surface area (Å²) in [7, 11) is 0. The van der Waals surface area contributed by atoms with E-state index in [4.69, 9.17) is 0 Å².